The molecule has 8 heteroatoms. The van der Waals surface area contributed by atoms with Gasteiger partial charge < -0.3 is 10.6 Å². The lowest BCUT2D eigenvalue weighted by Gasteiger charge is -2.11. The van der Waals surface area contributed by atoms with E-state index in [0.717, 1.165) is 43.9 Å². The first-order chi connectivity index (χ1) is 11.7. The molecule has 0 aliphatic heterocycles. The standard InChI is InChI=1S/C17H22N4O2S.HI/c1-18-17(20-13-16-6-4-12-24-16)19-11-3-2-5-14-7-9-15(10-8-14)21(22)23;/h4,6-10,12H,2-3,5,11,13H2,1H3,(H2,18,19,20);1H. The monoisotopic (exact) mass is 474 g/mol. The number of aliphatic imine (C=N–C) groups is 1. The Morgan fingerprint density at radius 1 is 1.20 bits per heavy atom. The van der Waals surface area contributed by atoms with Crippen LogP contribution in [0.5, 0.6) is 0 Å². The van der Waals surface area contributed by atoms with Gasteiger partial charge in [-0.3, -0.25) is 15.1 Å². The Kier molecular flexibility index (Phi) is 10.1. The molecule has 0 aliphatic rings. The van der Waals surface area contributed by atoms with Gasteiger partial charge in [0, 0.05) is 30.6 Å². The smallest absolute Gasteiger partial charge is 0.269 e. The summed E-state index contributed by atoms with van der Waals surface area (Å²) in [6.07, 6.45) is 2.95. The molecule has 0 saturated carbocycles. The Balaban J connectivity index is 0.00000312. The van der Waals surface area contributed by atoms with Gasteiger partial charge in [0.25, 0.3) is 5.69 Å². The van der Waals surface area contributed by atoms with E-state index in [0.29, 0.717) is 0 Å². The van der Waals surface area contributed by atoms with Crippen LogP contribution in [0.25, 0.3) is 0 Å². The Morgan fingerprint density at radius 2 is 1.96 bits per heavy atom. The van der Waals surface area contributed by atoms with Crippen LogP contribution in [0, 0.1) is 10.1 Å². The van der Waals surface area contributed by atoms with Crippen LogP contribution in [0.2, 0.25) is 0 Å². The summed E-state index contributed by atoms with van der Waals surface area (Å²) < 4.78 is 0. The normalized spacial score (nSPS) is 10.8. The second kappa shape index (κ2) is 11.8. The lowest BCUT2D eigenvalue weighted by molar-refractivity contribution is -0.384. The third kappa shape index (κ3) is 7.82. The molecule has 136 valence electrons. The maximum Gasteiger partial charge on any atom is 0.269 e. The van der Waals surface area contributed by atoms with Gasteiger partial charge in [0.2, 0.25) is 0 Å². The van der Waals surface area contributed by atoms with Crippen molar-refractivity contribution in [2.24, 2.45) is 4.99 Å². The van der Waals surface area contributed by atoms with Crippen LogP contribution in [-0.2, 0) is 13.0 Å². The number of hydrogen-bond donors (Lipinski definition) is 2. The molecule has 2 N–H and O–H groups in total. The fourth-order valence-corrected chi connectivity index (χ4v) is 2.89. The SMILES string of the molecule is CN=C(NCCCCc1ccc([N+](=O)[O-])cc1)NCc1cccs1.I. The van der Waals surface area contributed by atoms with E-state index in [9.17, 15) is 10.1 Å². The number of nitro groups is 1. The highest BCUT2D eigenvalue weighted by molar-refractivity contribution is 14.0. The van der Waals surface area contributed by atoms with Crippen molar-refractivity contribution in [2.75, 3.05) is 13.6 Å². The summed E-state index contributed by atoms with van der Waals surface area (Å²) in [5.74, 6) is 0.804. The topological polar surface area (TPSA) is 79.6 Å². The predicted molar refractivity (Wildman–Crippen MR) is 114 cm³/mol. The number of guanidine groups is 1. The average molecular weight is 474 g/mol. The number of hydrogen-bond acceptors (Lipinski definition) is 4. The Hall–Kier alpha value is -1.68. The van der Waals surface area contributed by atoms with Gasteiger partial charge in [-0.1, -0.05) is 18.2 Å². The van der Waals surface area contributed by atoms with Crippen molar-refractivity contribution in [3.8, 4) is 0 Å². The molecular formula is C17H23IN4O2S. The minimum Gasteiger partial charge on any atom is -0.356 e. The number of benzene rings is 1. The molecule has 0 saturated heterocycles. The fraction of sp³-hybridized carbons (Fsp3) is 0.353. The van der Waals surface area contributed by atoms with Gasteiger partial charge in [0.1, 0.15) is 0 Å². The molecule has 0 radical (unpaired) electrons. The number of non-ortho nitro benzene ring substituents is 1. The highest BCUT2D eigenvalue weighted by atomic mass is 127. The third-order valence-corrected chi connectivity index (χ3v) is 4.44. The molecular weight excluding hydrogens is 451 g/mol. The number of thiophene rings is 1. The van der Waals surface area contributed by atoms with Crippen molar-refractivity contribution in [3.63, 3.8) is 0 Å². The van der Waals surface area contributed by atoms with Crippen molar-refractivity contribution < 1.29 is 4.92 Å². The van der Waals surface area contributed by atoms with Crippen LogP contribution in [-0.4, -0.2) is 24.5 Å². The van der Waals surface area contributed by atoms with Gasteiger partial charge in [0.05, 0.1) is 11.5 Å². The molecule has 1 aromatic heterocycles. The lowest BCUT2D eigenvalue weighted by atomic mass is 10.1. The molecule has 25 heavy (non-hydrogen) atoms. The average Bonchev–Trinajstić information content (AvgIpc) is 3.11. The van der Waals surface area contributed by atoms with Crippen LogP contribution in [0.4, 0.5) is 5.69 Å². The molecule has 1 heterocycles. The summed E-state index contributed by atoms with van der Waals surface area (Å²) in [4.78, 5) is 15.7. The number of halogens is 1. The Labute approximate surface area is 168 Å². The summed E-state index contributed by atoms with van der Waals surface area (Å²) in [7, 11) is 1.76. The minimum atomic E-state index is -0.373. The summed E-state index contributed by atoms with van der Waals surface area (Å²) in [5.41, 5.74) is 1.27. The zero-order valence-electron chi connectivity index (χ0n) is 14.1. The molecule has 2 aromatic rings. The van der Waals surface area contributed by atoms with E-state index in [1.807, 2.05) is 18.2 Å². The predicted octanol–water partition coefficient (Wildman–Crippen LogP) is 3.96. The minimum absolute atomic E-state index is 0. The number of nitro benzene ring substituents is 1. The number of rotatable bonds is 8. The van der Waals surface area contributed by atoms with E-state index in [2.05, 4.69) is 27.1 Å². The number of aryl methyl sites for hydroxylation is 1. The summed E-state index contributed by atoms with van der Waals surface area (Å²) in [6.45, 7) is 1.62. The van der Waals surface area contributed by atoms with Crippen molar-refractivity contribution >= 4 is 47.0 Å². The van der Waals surface area contributed by atoms with Crippen molar-refractivity contribution in [1.29, 1.82) is 0 Å². The van der Waals surface area contributed by atoms with E-state index in [1.54, 1.807) is 30.5 Å². The van der Waals surface area contributed by atoms with E-state index in [1.165, 1.54) is 4.88 Å². The summed E-state index contributed by atoms with van der Waals surface area (Å²) in [6, 6.07) is 10.9. The van der Waals surface area contributed by atoms with Gasteiger partial charge in [0.15, 0.2) is 5.96 Å². The molecule has 2 rings (SSSR count). The zero-order valence-corrected chi connectivity index (χ0v) is 17.3. The summed E-state index contributed by atoms with van der Waals surface area (Å²) >= 11 is 1.72. The van der Waals surface area contributed by atoms with E-state index in [-0.39, 0.29) is 34.6 Å². The Bertz CT molecular complexity index is 660. The van der Waals surface area contributed by atoms with E-state index >= 15 is 0 Å². The molecule has 0 spiro atoms. The maximum absolute atomic E-state index is 10.6. The largest absolute Gasteiger partial charge is 0.356 e. The second-order valence-electron chi connectivity index (χ2n) is 5.31. The van der Waals surface area contributed by atoms with Crippen molar-refractivity contribution in [3.05, 3.63) is 62.3 Å². The summed E-state index contributed by atoms with van der Waals surface area (Å²) in [5, 5.41) is 19.3. The number of nitrogens with one attached hydrogen (secondary N) is 2. The van der Waals surface area contributed by atoms with Crippen LogP contribution in [0.3, 0.4) is 0 Å². The van der Waals surface area contributed by atoms with Crippen LogP contribution in [0.15, 0.2) is 46.8 Å². The third-order valence-electron chi connectivity index (χ3n) is 3.57. The van der Waals surface area contributed by atoms with Gasteiger partial charge in [-0.25, -0.2) is 0 Å². The molecule has 0 bridgehead atoms. The first kappa shape index (κ1) is 21.4. The van der Waals surface area contributed by atoms with Gasteiger partial charge in [-0.2, -0.15) is 0 Å². The zero-order chi connectivity index (χ0) is 17.2. The fourth-order valence-electron chi connectivity index (χ4n) is 2.25. The van der Waals surface area contributed by atoms with Crippen LogP contribution >= 0.6 is 35.3 Å². The Morgan fingerprint density at radius 3 is 2.56 bits per heavy atom. The molecule has 6 nitrogen and oxygen atoms in total. The van der Waals surface area contributed by atoms with Gasteiger partial charge in [-0.05, 0) is 36.3 Å². The van der Waals surface area contributed by atoms with Crippen molar-refractivity contribution in [2.45, 2.75) is 25.8 Å². The lowest BCUT2D eigenvalue weighted by Crippen LogP contribution is -2.37. The van der Waals surface area contributed by atoms with Crippen LogP contribution < -0.4 is 10.6 Å². The quantitative estimate of drug-likeness (QED) is 0.152. The van der Waals surface area contributed by atoms with E-state index < -0.39 is 0 Å². The molecule has 0 fully saturated rings. The van der Waals surface area contributed by atoms with Crippen molar-refractivity contribution in [1.82, 2.24) is 10.6 Å². The molecule has 0 amide bonds. The highest BCUT2D eigenvalue weighted by Crippen LogP contribution is 2.13. The van der Waals surface area contributed by atoms with Crippen LogP contribution in [0.1, 0.15) is 23.3 Å². The maximum atomic E-state index is 10.6. The first-order valence-corrected chi connectivity index (χ1v) is 8.77. The van der Waals surface area contributed by atoms with Gasteiger partial charge >= 0.3 is 0 Å². The molecule has 0 atom stereocenters. The second-order valence-corrected chi connectivity index (χ2v) is 6.34. The number of unbranched alkanes of at least 4 members (excludes halogenated alkanes) is 1. The van der Waals surface area contributed by atoms with Gasteiger partial charge in [-0.15, -0.1) is 35.3 Å². The number of nitrogens with zero attached hydrogens (tertiary/aromatic N) is 2. The molecule has 0 aliphatic carbocycles. The molecule has 1 aromatic carbocycles. The van der Waals surface area contributed by atoms with E-state index in [4.69, 9.17) is 0 Å². The molecule has 0 unspecified atom stereocenters. The highest BCUT2D eigenvalue weighted by Gasteiger charge is 2.04. The first-order valence-electron chi connectivity index (χ1n) is 7.89.